The predicted octanol–water partition coefficient (Wildman–Crippen LogP) is 4.26. The summed E-state index contributed by atoms with van der Waals surface area (Å²) in [5, 5.41) is 6.28. The average molecular weight is 408 g/mol. The monoisotopic (exact) mass is 407 g/mol. The molecule has 0 bridgehead atoms. The molecule has 0 aliphatic carbocycles. The van der Waals surface area contributed by atoms with Crippen molar-refractivity contribution in [3.05, 3.63) is 64.7 Å². The fraction of sp³-hybridized carbons (Fsp3) is 0.440. The van der Waals surface area contributed by atoms with Gasteiger partial charge >= 0.3 is 0 Å². The van der Waals surface area contributed by atoms with Crippen LogP contribution in [0.25, 0.3) is 0 Å². The van der Waals surface area contributed by atoms with E-state index in [2.05, 4.69) is 35.4 Å². The SMILES string of the molecule is Cc1ccccc1C(=O)NC1CCN(CC(=O)Nc2c(C)cccc2C(C)C)CC1. The maximum absolute atomic E-state index is 12.7. The molecule has 1 heterocycles. The van der Waals surface area contributed by atoms with Gasteiger partial charge in [-0.05, 0) is 55.4 Å². The molecule has 1 saturated heterocycles. The van der Waals surface area contributed by atoms with E-state index in [0.717, 1.165) is 48.3 Å². The number of hydrogen-bond donors (Lipinski definition) is 2. The Morgan fingerprint density at radius 1 is 1.00 bits per heavy atom. The molecule has 0 saturated carbocycles. The summed E-state index contributed by atoms with van der Waals surface area (Å²) in [4.78, 5) is 27.4. The van der Waals surface area contributed by atoms with Gasteiger partial charge in [-0.1, -0.05) is 50.2 Å². The smallest absolute Gasteiger partial charge is 0.251 e. The number of piperidine rings is 1. The molecule has 0 unspecified atom stereocenters. The first kappa shape index (κ1) is 22.0. The van der Waals surface area contributed by atoms with Crippen LogP contribution in [0, 0.1) is 13.8 Å². The summed E-state index contributed by atoms with van der Waals surface area (Å²) in [6.07, 6.45) is 1.71. The maximum Gasteiger partial charge on any atom is 0.251 e. The highest BCUT2D eigenvalue weighted by Gasteiger charge is 2.23. The molecule has 2 amide bonds. The fourth-order valence-electron chi connectivity index (χ4n) is 4.05. The van der Waals surface area contributed by atoms with Crippen molar-refractivity contribution in [3.8, 4) is 0 Å². The number of likely N-dealkylation sites (tertiary alicyclic amines) is 1. The number of para-hydroxylation sites is 1. The molecule has 0 spiro atoms. The molecular weight excluding hydrogens is 374 g/mol. The number of hydrogen-bond acceptors (Lipinski definition) is 3. The van der Waals surface area contributed by atoms with Gasteiger partial charge < -0.3 is 10.6 Å². The number of carbonyl (C=O) groups excluding carboxylic acids is 2. The Labute approximate surface area is 179 Å². The van der Waals surface area contributed by atoms with Crippen LogP contribution in [0.1, 0.15) is 59.7 Å². The summed E-state index contributed by atoms with van der Waals surface area (Å²) in [5.74, 6) is 0.367. The summed E-state index contributed by atoms with van der Waals surface area (Å²) in [7, 11) is 0. The van der Waals surface area contributed by atoms with E-state index in [1.54, 1.807) is 0 Å². The highest BCUT2D eigenvalue weighted by Crippen LogP contribution is 2.27. The van der Waals surface area contributed by atoms with Crippen molar-refractivity contribution < 1.29 is 9.59 Å². The van der Waals surface area contributed by atoms with Crippen LogP contribution in [0.4, 0.5) is 5.69 Å². The van der Waals surface area contributed by atoms with E-state index in [1.165, 1.54) is 5.56 Å². The zero-order valence-electron chi connectivity index (χ0n) is 18.5. The van der Waals surface area contributed by atoms with Crippen molar-refractivity contribution in [3.63, 3.8) is 0 Å². The molecule has 5 nitrogen and oxygen atoms in total. The Morgan fingerprint density at radius 2 is 1.67 bits per heavy atom. The highest BCUT2D eigenvalue weighted by molar-refractivity contribution is 5.96. The maximum atomic E-state index is 12.7. The standard InChI is InChI=1S/C25H33N3O2/c1-17(2)21-11-7-9-19(4)24(21)27-23(29)16-28-14-12-20(13-15-28)26-25(30)22-10-6-5-8-18(22)3/h5-11,17,20H,12-16H2,1-4H3,(H,26,30)(H,27,29). The molecule has 0 atom stereocenters. The van der Waals surface area contributed by atoms with Crippen LogP contribution >= 0.6 is 0 Å². The topological polar surface area (TPSA) is 61.4 Å². The van der Waals surface area contributed by atoms with Gasteiger partial charge in [0.25, 0.3) is 5.91 Å². The number of nitrogens with one attached hydrogen (secondary N) is 2. The number of rotatable bonds is 6. The lowest BCUT2D eigenvalue weighted by atomic mass is 9.98. The Bertz CT molecular complexity index is 899. The Hall–Kier alpha value is -2.66. The highest BCUT2D eigenvalue weighted by atomic mass is 16.2. The molecule has 2 N–H and O–H groups in total. The summed E-state index contributed by atoms with van der Waals surface area (Å²) in [6, 6.07) is 14.0. The van der Waals surface area contributed by atoms with Gasteiger partial charge in [0.1, 0.15) is 0 Å². The van der Waals surface area contributed by atoms with E-state index in [4.69, 9.17) is 0 Å². The summed E-state index contributed by atoms with van der Waals surface area (Å²) < 4.78 is 0. The van der Waals surface area contributed by atoms with Gasteiger partial charge in [0, 0.05) is 30.4 Å². The van der Waals surface area contributed by atoms with E-state index >= 15 is 0 Å². The van der Waals surface area contributed by atoms with Crippen LogP contribution in [0.3, 0.4) is 0 Å². The van der Waals surface area contributed by atoms with Crippen molar-refractivity contribution in [2.75, 3.05) is 25.0 Å². The zero-order valence-corrected chi connectivity index (χ0v) is 18.5. The minimum Gasteiger partial charge on any atom is -0.349 e. The van der Waals surface area contributed by atoms with E-state index in [0.29, 0.717) is 12.5 Å². The Morgan fingerprint density at radius 3 is 2.33 bits per heavy atom. The molecule has 2 aromatic rings. The second-order valence-corrected chi connectivity index (χ2v) is 8.58. The third-order valence-electron chi connectivity index (χ3n) is 5.87. The Balaban J connectivity index is 1.50. The number of nitrogens with zero attached hydrogens (tertiary/aromatic N) is 1. The van der Waals surface area contributed by atoms with Crippen LogP contribution in [0.5, 0.6) is 0 Å². The van der Waals surface area contributed by atoms with Crippen LogP contribution in [-0.4, -0.2) is 42.4 Å². The van der Waals surface area contributed by atoms with Crippen LogP contribution in [-0.2, 0) is 4.79 Å². The van der Waals surface area contributed by atoms with Crippen LogP contribution in [0.2, 0.25) is 0 Å². The summed E-state index contributed by atoms with van der Waals surface area (Å²) >= 11 is 0. The lowest BCUT2D eigenvalue weighted by Gasteiger charge is -2.32. The van der Waals surface area contributed by atoms with Crippen molar-refractivity contribution in [2.24, 2.45) is 0 Å². The molecule has 0 aromatic heterocycles. The molecule has 1 fully saturated rings. The van der Waals surface area contributed by atoms with Gasteiger partial charge in [-0.3, -0.25) is 14.5 Å². The zero-order chi connectivity index (χ0) is 21.7. The minimum absolute atomic E-state index is 0.00920. The predicted molar refractivity (Wildman–Crippen MR) is 122 cm³/mol. The quantitative estimate of drug-likeness (QED) is 0.752. The van der Waals surface area contributed by atoms with Gasteiger partial charge in [-0.15, -0.1) is 0 Å². The molecule has 2 aromatic carbocycles. The van der Waals surface area contributed by atoms with Gasteiger partial charge in [0.15, 0.2) is 0 Å². The lowest BCUT2D eigenvalue weighted by Crippen LogP contribution is -2.46. The van der Waals surface area contributed by atoms with E-state index in [9.17, 15) is 9.59 Å². The van der Waals surface area contributed by atoms with Crippen LogP contribution < -0.4 is 10.6 Å². The van der Waals surface area contributed by atoms with Crippen molar-refractivity contribution >= 4 is 17.5 Å². The number of amides is 2. The lowest BCUT2D eigenvalue weighted by molar-refractivity contribution is -0.117. The molecule has 5 heteroatoms. The van der Waals surface area contributed by atoms with Crippen LogP contribution in [0.15, 0.2) is 42.5 Å². The van der Waals surface area contributed by atoms with Gasteiger partial charge in [0.2, 0.25) is 5.91 Å². The third-order valence-corrected chi connectivity index (χ3v) is 5.87. The second kappa shape index (κ2) is 9.90. The van der Waals surface area contributed by atoms with Crippen molar-refractivity contribution in [2.45, 2.75) is 52.5 Å². The number of anilines is 1. The minimum atomic E-state index is -0.00920. The first-order valence-corrected chi connectivity index (χ1v) is 10.8. The van der Waals surface area contributed by atoms with E-state index < -0.39 is 0 Å². The fourth-order valence-corrected chi connectivity index (χ4v) is 4.05. The number of carbonyl (C=O) groups is 2. The molecule has 1 aliphatic heterocycles. The summed E-state index contributed by atoms with van der Waals surface area (Å²) in [6.45, 7) is 10.2. The molecule has 0 radical (unpaired) electrons. The largest absolute Gasteiger partial charge is 0.349 e. The first-order valence-electron chi connectivity index (χ1n) is 10.8. The molecule has 1 aliphatic rings. The molecule has 160 valence electrons. The van der Waals surface area contributed by atoms with Crippen molar-refractivity contribution in [1.29, 1.82) is 0 Å². The average Bonchev–Trinajstić information content (AvgIpc) is 2.71. The molecular formula is C25H33N3O2. The number of benzene rings is 2. The Kier molecular flexibility index (Phi) is 7.27. The molecule has 3 rings (SSSR count). The van der Waals surface area contributed by atoms with E-state index in [-0.39, 0.29) is 17.9 Å². The molecule has 30 heavy (non-hydrogen) atoms. The van der Waals surface area contributed by atoms with Gasteiger partial charge in [-0.2, -0.15) is 0 Å². The summed E-state index contributed by atoms with van der Waals surface area (Å²) in [5.41, 5.74) is 4.92. The second-order valence-electron chi connectivity index (χ2n) is 8.58. The van der Waals surface area contributed by atoms with E-state index in [1.807, 2.05) is 50.2 Å². The van der Waals surface area contributed by atoms with Crippen molar-refractivity contribution in [1.82, 2.24) is 10.2 Å². The number of aryl methyl sites for hydroxylation is 2. The first-order chi connectivity index (χ1) is 14.3. The van der Waals surface area contributed by atoms with Gasteiger partial charge in [0.05, 0.1) is 6.54 Å². The third kappa shape index (κ3) is 5.48. The normalized spacial score (nSPS) is 15.2. The van der Waals surface area contributed by atoms with Gasteiger partial charge in [-0.25, -0.2) is 0 Å².